The molecule has 0 spiro atoms. The normalized spacial score (nSPS) is 12.3. The Bertz CT molecular complexity index is 5050. The number of pyridine rings is 2. The molecule has 0 radical (unpaired) electrons. The molecule has 0 atom stereocenters. The third-order valence-electron chi connectivity index (χ3n) is 14.8. The molecule has 0 aliphatic heterocycles. The number of aryl methyl sites for hydroxylation is 2. The third-order valence-corrected chi connectivity index (χ3v) is 18.9. The van der Waals surface area contributed by atoms with Crippen LogP contribution >= 0.6 is 0 Å². The summed E-state index contributed by atoms with van der Waals surface area (Å²) in [7, 11) is -11.7. The van der Waals surface area contributed by atoms with Crippen molar-refractivity contribution < 1.29 is 43.2 Å². The van der Waals surface area contributed by atoms with E-state index in [4.69, 9.17) is 4.74 Å². The molecule has 5 aromatic heterocycles. The molecule has 94 heavy (non-hydrogen) atoms. The standard InChI is InChI=1S/C24H25N3O2S.C23H21F3N4O2S.C23H24N4O3S/c1-17-15-23(26-30(28,29)22-13-10-20(11-14-22)24(2,3)4)27(25-17)21-12-9-18-7-5-6-8-19(18)16-21;1-22(2,3)15-9-11-16(12-10-15)33(31,32)29-21-14-20(23(24,25)26)28-30(21)19-8-4-7-18-17(19)6-5-13-27-18;1-16(2)15-30-18-9-11-19(12-10-18)31(28,29)26-23-14-17(3)25-27(23)22-8-4-7-21-20(22)6-5-13-24-21/h5-16,26H,1-4H3;4-14,29H,1-3H3;4-14,16,26H,15H2,1-3H3. The summed E-state index contributed by atoms with van der Waals surface area (Å²) in [6.07, 6.45) is -1.48. The van der Waals surface area contributed by atoms with E-state index in [0.717, 1.165) is 54.6 Å². The van der Waals surface area contributed by atoms with Gasteiger partial charge < -0.3 is 4.74 Å². The van der Waals surface area contributed by atoms with E-state index in [0.29, 0.717) is 52.6 Å². The highest BCUT2D eigenvalue weighted by molar-refractivity contribution is 7.93. The summed E-state index contributed by atoms with van der Waals surface area (Å²) in [5.41, 5.74) is 5.12. The van der Waals surface area contributed by atoms with E-state index in [1.807, 2.05) is 120 Å². The van der Waals surface area contributed by atoms with Gasteiger partial charge in [-0.15, -0.1) is 0 Å². The van der Waals surface area contributed by atoms with E-state index in [2.05, 4.69) is 74.0 Å². The van der Waals surface area contributed by atoms with E-state index in [9.17, 15) is 38.4 Å². The Labute approximate surface area is 544 Å². The topological polar surface area (TPSA) is 227 Å². The number of hydrogen-bond donors (Lipinski definition) is 3. The Balaban J connectivity index is 0.000000154. The Morgan fingerprint density at radius 1 is 0.457 bits per heavy atom. The van der Waals surface area contributed by atoms with Crippen molar-refractivity contribution in [1.29, 1.82) is 0 Å². The summed E-state index contributed by atoms with van der Waals surface area (Å²) in [5, 5.41) is 16.2. The molecule has 0 saturated carbocycles. The number of sulfonamides is 3. The quantitative estimate of drug-likeness (QED) is 0.0871. The summed E-state index contributed by atoms with van der Waals surface area (Å²) in [5.74, 6) is 1.45. The predicted octanol–water partition coefficient (Wildman–Crippen LogP) is 15.5. The second kappa shape index (κ2) is 26.6. The first kappa shape index (κ1) is 67.0. The number of rotatable bonds is 15. The van der Waals surface area contributed by atoms with Crippen molar-refractivity contribution in [2.24, 2.45) is 5.92 Å². The van der Waals surface area contributed by atoms with Gasteiger partial charge in [0.25, 0.3) is 30.1 Å². The van der Waals surface area contributed by atoms with Crippen LogP contribution in [0.1, 0.15) is 83.6 Å². The summed E-state index contributed by atoms with van der Waals surface area (Å²) in [6.45, 7) is 20.6. The predicted molar refractivity (Wildman–Crippen MR) is 363 cm³/mol. The van der Waals surface area contributed by atoms with Crippen LogP contribution in [0.15, 0.2) is 221 Å². The fraction of sp³-hybridized carbons (Fsp3) is 0.214. The van der Waals surface area contributed by atoms with E-state index in [-0.39, 0.29) is 37.0 Å². The van der Waals surface area contributed by atoms with Gasteiger partial charge in [0.15, 0.2) is 5.69 Å². The van der Waals surface area contributed by atoms with Gasteiger partial charge in [-0.3, -0.25) is 24.1 Å². The van der Waals surface area contributed by atoms with Crippen LogP contribution < -0.4 is 18.9 Å². The first-order valence-electron chi connectivity index (χ1n) is 29.8. The zero-order valence-corrected chi connectivity index (χ0v) is 55.7. The molecular formula is C70H70F3N11O7S3. The Kier molecular flexibility index (Phi) is 19.0. The number of halogens is 3. The van der Waals surface area contributed by atoms with E-state index < -0.39 is 41.9 Å². The molecule has 12 rings (SSSR count). The number of alkyl halides is 3. The van der Waals surface area contributed by atoms with Crippen molar-refractivity contribution >= 4 is 80.1 Å². The average Bonchev–Trinajstić information content (AvgIpc) is 1.56. The van der Waals surface area contributed by atoms with Gasteiger partial charge >= 0.3 is 6.18 Å². The lowest BCUT2D eigenvalue weighted by Crippen LogP contribution is -2.17. The molecule has 3 N–H and O–H groups in total. The highest BCUT2D eigenvalue weighted by Gasteiger charge is 2.36. The Morgan fingerprint density at radius 2 is 0.883 bits per heavy atom. The van der Waals surface area contributed by atoms with Crippen LogP contribution in [0.5, 0.6) is 5.75 Å². The van der Waals surface area contributed by atoms with Crippen molar-refractivity contribution in [3.63, 3.8) is 0 Å². The zero-order valence-electron chi connectivity index (χ0n) is 53.2. The molecule has 0 unspecified atom stereocenters. The minimum atomic E-state index is -4.76. The Hall–Kier alpha value is -9.91. The van der Waals surface area contributed by atoms with Crippen molar-refractivity contribution in [2.75, 3.05) is 20.8 Å². The van der Waals surface area contributed by atoms with Crippen molar-refractivity contribution in [3.05, 3.63) is 235 Å². The number of nitrogens with one attached hydrogen (secondary N) is 3. The molecule has 0 bridgehead atoms. The number of ether oxygens (including phenoxy) is 1. The maximum absolute atomic E-state index is 13.5. The molecule has 0 aliphatic carbocycles. The van der Waals surface area contributed by atoms with Crippen LogP contribution in [0, 0.1) is 19.8 Å². The summed E-state index contributed by atoms with van der Waals surface area (Å²) in [6, 6.07) is 55.3. The third kappa shape index (κ3) is 15.6. The number of aromatic nitrogens is 8. The molecule has 0 saturated heterocycles. The van der Waals surface area contributed by atoms with Gasteiger partial charge in [0.2, 0.25) is 0 Å². The lowest BCUT2D eigenvalue weighted by Gasteiger charge is -2.19. The molecule has 0 aliphatic rings. The number of anilines is 3. The van der Waals surface area contributed by atoms with Crippen LogP contribution in [0.4, 0.5) is 30.6 Å². The van der Waals surface area contributed by atoms with Crippen LogP contribution in [0.2, 0.25) is 0 Å². The first-order valence-corrected chi connectivity index (χ1v) is 34.3. The molecule has 12 aromatic rings. The van der Waals surface area contributed by atoms with Crippen molar-refractivity contribution in [2.45, 2.75) is 101 Å². The monoisotopic (exact) mass is 1330 g/mol. The van der Waals surface area contributed by atoms with Crippen molar-refractivity contribution in [1.82, 2.24) is 39.3 Å². The maximum Gasteiger partial charge on any atom is 0.435 e. The summed E-state index contributed by atoms with van der Waals surface area (Å²) >= 11 is 0. The zero-order chi connectivity index (χ0) is 67.5. The lowest BCUT2D eigenvalue weighted by molar-refractivity contribution is -0.141. The van der Waals surface area contributed by atoms with E-state index in [1.54, 1.807) is 101 Å². The number of nitrogens with zero attached hydrogens (tertiary/aromatic N) is 8. The van der Waals surface area contributed by atoms with E-state index in [1.165, 1.54) is 24.3 Å². The molecule has 7 aromatic carbocycles. The summed E-state index contributed by atoms with van der Waals surface area (Å²) in [4.78, 5) is 8.87. The minimum Gasteiger partial charge on any atom is -0.493 e. The minimum absolute atomic E-state index is 0.0401. The molecule has 486 valence electrons. The smallest absolute Gasteiger partial charge is 0.435 e. The molecule has 5 heterocycles. The Morgan fingerprint density at radius 3 is 1.34 bits per heavy atom. The van der Waals surface area contributed by atoms with Gasteiger partial charge in [0.05, 0.1) is 60.8 Å². The lowest BCUT2D eigenvalue weighted by atomic mass is 9.87. The second-order valence-electron chi connectivity index (χ2n) is 24.8. The van der Waals surface area contributed by atoms with Gasteiger partial charge in [0, 0.05) is 41.4 Å². The van der Waals surface area contributed by atoms with E-state index >= 15 is 0 Å². The van der Waals surface area contributed by atoms with Crippen LogP contribution in [-0.4, -0.2) is 71.2 Å². The van der Waals surface area contributed by atoms with Crippen molar-refractivity contribution in [3.8, 4) is 22.8 Å². The maximum atomic E-state index is 13.5. The number of hydrogen-bond acceptors (Lipinski definition) is 12. The fourth-order valence-electron chi connectivity index (χ4n) is 9.99. The highest BCUT2D eigenvalue weighted by Crippen LogP contribution is 2.35. The number of fused-ring (bicyclic) bond motifs is 3. The molecule has 0 amide bonds. The first-order chi connectivity index (χ1) is 44.3. The molecule has 0 fully saturated rings. The summed E-state index contributed by atoms with van der Waals surface area (Å²) < 4.78 is 136. The van der Waals surface area contributed by atoms with Gasteiger partial charge in [-0.1, -0.05) is 122 Å². The largest absolute Gasteiger partial charge is 0.493 e. The average molecular weight is 1330 g/mol. The van der Waals surface area contributed by atoms with Crippen LogP contribution in [-0.2, 0) is 47.1 Å². The molecule has 24 heteroatoms. The van der Waals surface area contributed by atoms with Crippen LogP contribution in [0.25, 0.3) is 49.6 Å². The van der Waals surface area contributed by atoms with Gasteiger partial charge in [-0.25, -0.2) is 39.3 Å². The SMILES string of the molecule is CC(C)(C)c1ccc(S(=O)(=O)Nc2cc(C(F)(F)F)nn2-c2cccc3ncccc23)cc1.Cc1cc(NS(=O)(=O)c2ccc(C(C)(C)C)cc2)n(-c2ccc3ccccc3c2)n1.Cc1cc(NS(=O)(=O)c2ccc(OCC(C)C)cc2)n(-c2cccc3ncccc23)n1. The highest BCUT2D eigenvalue weighted by atomic mass is 32.2. The van der Waals surface area contributed by atoms with Gasteiger partial charge in [-0.05, 0) is 162 Å². The van der Waals surface area contributed by atoms with Gasteiger partial charge in [0.1, 0.15) is 23.2 Å². The number of benzene rings is 7. The molecule has 18 nitrogen and oxygen atoms in total. The van der Waals surface area contributed by atoms with Crippen LogP contribution in [0.3, 0.4) is 0 Å². The van der Waals surface area contributed by atoms with Gasteiger partial charge in [-0.2, -0.15) is 28.5 Å². The second-order valence-corrected chi connectivity index (χ2v) is 29.8. The molecular weight excluding hydrogens is 1260 g/mol. The fourth-order valence-corrected chi connectivity index (χ4v) is 13.1.